The van der Waals surface area contributed by atoms with Crippen molar-refractivity contribution in [1.82, 2.24) is 9.55 Å². The number of pyridine rings is 2. The lowest BCUT2D eigenvalue weighted by atomic mass is 10.0. The van der Waals surface area contributed by atoms with Crippen LogP contribution >= 0.6 is 34.8 Å². The first-order valence-corrected chi connectivity index (χ1v) is 9.84. The first-order chi connectivity index (χ1) is 13.5. The molecule has 6 nitrogen and oxygen atoms in total. The fourth-order valence-electron chi connectivity index (χ4n) is 2.87. The van der Waals surface area contributed by atoms with Crippen LogP contribution in [0.3, 0.4) is 0 Å². The molecule has 0 bridgehead atoms. The van der Waals surface area contributed by atoms with Crippen LogP contribution in [0.15, 0.2) is 35.3 Å². The van der Waals surface area contributed by atoms with E-state index in [1.54, 1.807) is 29.7 Å². The number of fused-ring (bicyclic) bond motifs is 1. The second kappa shape index (κ2) is 8.13. The summed E-state index contributed by atoms with van der Waals surface area (Å²) in [5, 5.41) is 21.0. The van der Waals surface area contributed by atoms with Crippen molar-refractivity contribution in [1.29, 1.82) is 0 Å². The van der Waals surface area contributed by atoms with Gasteiger partial charge < -0.3 is 19.5 Å². The van der Waals surface area contributed by atoms with Gasteiger partial charge in [0.2, 0.25) is 5.88 Å². The zero-order valence-corrected chi connectivity index (χ0v) is 18.2. The minimum absolute atomic E-state index is 0.0189. The van der Waals surface area contributed by atoms with Gasteiger partial charge in [0.25, 0.3) is 0 Å². The number of hydrogen-bond donors (Lipinski definition) is 2. The average molecular weight is 458 g/mol. The lowest BCUT2D eigenvalue weighted by Crippen LogP contribution is -2.40. The fraction of sp³-hybridized carbons (Fsp3) is 0.300. The number of halogens is 3. The first kappa shape index (κ1) is 21.9. The monoisotopic (exact) mass is 456 g/mol. The highest BCUT2D eigenvalue weighted by Gasteiger charge is 2.26. The zero-order chi connectivity index (χ0) is 21.5. The molecule has 0 radical (unpaired) electrons. The van der Waals surface area contributed by atoms with Gasteiger partial charge in [-0.25, -0.2) is 4.98 Å². The third kappa shape index (κ3) is 4.22. The average Bonchev–Trinajstić information content (AvgIpc) is 2.62. The number of aliphatic hydroxyl groups excluding tert-OH is 1. The van der Waals surface area contributed by atoms with Gasteiger partial charge in [0.05, 0.1) is 38.1 Å². The predicted molar refractivity (Wildman–Crippen MR) is 115 cm³/mol. The minimum Gasteiger partial charge on any atom is -0.474 e. The largest absolute Gasteiger partial charge is 0.474 e. The molecule has 3 rings (SSSR count). The molecule has 0 unspecified atom stereocenters. The molecular formula is C20H19Cl3N2O4. The van der Waals surface area contributed by atoms with Gasteiger partial charge in [-0.05, 0) is 32.9 Å². The molecular weight excluding hydrogens is 439 g/mol. The predicted octanol–water partition coefficient (Wildman–Crippen LogP) is 4.16. The van der Waals surface area contributed by atoms with E-state index in [2.05, 4.69) is 4.98 Å². The number of rotatable bonds is 5. The van der Waals surface area contributed by atoms with Crippen molar-refractivity contribution in [2.24, 2.45) is 0 Å². The number of nitrogens with zero attached hydrogens (tertiary/aromatic N) is 2. The van der Waals surface area contributed by atoms with E-state index >= 15 is 0 Å². The topological polar surface area (TPSA) is 84.6 Å². The molecule has 0 amide bonds. The normalized spacial score (nSPS) is 13.0. The van der Waals surface area contributed by atoms with Crippen LogP contribution in [-0.2, 0) is 0 Å². The third-order valence-corrected chi connectivity index (χ3v) is 5.38. The Kier molecular flexibility index (Phi) is 6.13. The van der Waals surface area contributed by atoms with E-state index in [0.29, 0.717) is 26.9 Å². The van der Waals surface area contributed by atoms with E-state index in [9.17, 15) is 15.0 Å². The molecule has 0 aliphatic carbocycles. The Bertz CT molecular complexity index is 1120. The van der Waals surface area contributed by atoms with Crippen LogP contribution in [0.4, 0.5) is 0 Å². The van der Waals surface area contributed by atoms with Crippen molar-refractivity contribution in [2.75, 3.05) is 6.61 Å². The van der Waals surface area contributed by atoms with E-state index in [4.69, 9.17) is 39.5 Å². The molecule has 1 aromatic carbocycles. The zero-order valence-electron chi connectivity index (χ0n) is 15.9. The Morgan fingerprint density at radius 2 is 1.83 bits per heavy atom. The van der Waals surface area contributed by atoms with Gasteiger partial charge in [-0.3, -0.25) is 4.79 Å². The van der Waals surface area contributed by atoms with Gasteiger partial charge in [-0.1, -0.05) is 40.9 Å². The molecule has 154 valence electrons. The summed E-state index contributed by atoms with van der Waals surface area (Å²) in [6.45, 7) is 4.36. The molecule has 0 saturated heterocycles. The molecule has 1 atom stereocenters. The summed E-state index contributed by atoms with van der Waals surface area (Å²) in [5.41, 5.74) is -0.388. The number of benzene rings is 1. The smallest absolute Gasteiger partial charge is 0.227 e. The summed E-state index contributed by atoms with van der Waals surface area (Å²) >= 11 is 19.2. The molecule has 29 heavy (non-hydrogen) atoms. The summed E-state index contributed by atoms with van der Waals surface area (Å²) < 4.78 is 7.25. The van der Waals surface area contributed by atoms with Crippen molar-refractivity contribution in [2.45, 2.75) is 32.5 Å². The maximum atomic E-state index is 12.8. The van der Waals surface area contributed by atoms with E-state index in [1.165, 1.54) is 26.1 Å². The Hall–Kier alpha value is -1.83. The third-order valence-electron chi connectivity index (χ3n) is 4.49. The van der Waals surface area contributed by atoms with Gasteiger partial charge in [0.1, 0.15) is 18.1 Å². The molecule has 0 fully saturated rings. The second-order valence-corrected chi connectivity index (χ2v) is 8.39. The molecule has 9 heteroatoms. The van der Waals surface area contributed by atoms with Crippen molar-refractivity contribution < 1.29 is 14.9 Å². The van der Waals surface area contributed by atoms with Gasteiger partial charge in [-0.15, -0.1) is 0 Å². The van der Waals surface area contributed by atoms with E-state index in [1.807, 2.05) is 0 Å². The number of ether oxygens (including phenoxy) is 1. The number of aryl methyl sites for hydroxylation is 1. The highest BCUT2D eigenvalue weighted by Crippen LogP contribution is 2.35. The Labute approximate surface area is 182 Å². The Morgan fingerprint density at radius 1 is 1.21 bits per heavy atom. The minimum atomic E-state index is -1.38. The maximum Gasteiger partial charge on any atom is 0.227 e. The number of aliphatic hydroxyl groups is 2. The number of aromatic nitrogens is 2. The summed E-state index contributed by atoms with van der Waals surface area (Å²) in [6.07, 6.45) is 0.149. The number of para-hydroxylation sites is 1. The van der Waals surface area contributed by atoms with E-state index in [-0.39, 0.29) is 28.3 Å². The molecule has 2 aromatic heterocycles. The first-order valence-electron chi connectivity index (χ1n) is 8.71. The van der Waals surface area contributed by atoms with E-state index < -0.39 is 11.7 Å². The van der Waals surface area contributed by atoms with Crippen LogP contribution < -0.4 is 10.2 Å². The molecule has 2 N–H and O–H groups in total. The molecule has 0 aliphatic heterocycles. The Balaban J connectivity index is 2.27. The molecule has 0 aliphatic rings. The van der Waals surface area contributed by atoms with Gasteiger partial charge in [0.15, 0.2) is 5.43 Å². The molecule has 3 aromatic rings. The summed E-state index contributed by atoms with van der Waals surface area (Å²) in [5.74, 6) is -0.0189. The molecule has 0 saturated carbocycles. The summed E-state index contributed by atoms with van der Waals surface area (Å²) in [4.78, 5) is 16.9. The van der Waals surface area contributed by atoms with Crippen LogP contribution in [0, 0.1) is 6.92 Å². The second-order valence-electron chi connectivity index (χ2n) is 7.17. The summed E-state index contributed by atoms with van der Waals surface area (Å²) in [7, 11) is 0. The van der Waals surface area contributed by atoms with Crippen molar-refractivity contribution >= 4 is 45.7 Å². The van der Waals surface area contributed by atoms with Crippen molar-refractivity contribution in [3.8, 4) is 11.6 Å². The maximum absolute atomic E-state index is 12.8. The van der Waals surface area contributed by atoms with Crippen LogP contribution in [0.25, 0.3) is 16.6 Å². The van der Waals surface area contributed by atoms with Gasteiger partial charge >= 0.3 is 0 Å². The van der Waals surface area contributed by atoms with Crippen LogP contribution in [-0.4, -0.2) is 38.1 Å². The van der Waals surface area contributed by atoms with Gasteiger partial charge in [-0.2, -0.15) is 0 Å². The quantitative estimate of drug-likeness (QED) is 0.601. The summed E-state index contributed by atoms with van der Waals surface area (Å²) in [6, 6.07) is 6.47. The van der Waals surface area contributed by atoms with Crippen LogP contribution in [0.2, 0.25) is 15.1 Å². The standard InChI is InChI=1S/C20H19Cl3N2O4/c1-10-7-14(26)16-18(25(10)17-11(21)5-4-6-12(17)22)13(23)8-24-19(16)29-9-15(27)20(2,3)28/h4-8,15,27-28H,9H2,1-3H3/t15-/m0/s1. The highest BCUT2D eigenvalue weighted by molar-refractivity contribution is 6.38. The fourth-order valence-corrected chi connectivity index (χ4v) is 3.66. The number of hydrogen-bond acceptors (Lipinski definition) is 5. The van der Waals surface area contributed by atoms with Crippen LogP contribution in [0.1, 0.15) is 19.5 Å². The van der Waals surface area contributed by atoms with Crippen molar-refractivity contribution in [3.05, 3.63) is 61.4 Å². The highest BCUT2D eigenvalue weighted by atomic mass is 35.5. The Morgan fingerprint density at radius 3 is 2.41 bits per heavy atom. The SMILES string of the molecule is Cc1cc(=O)c2c(OC[C@H](O)C(C)(C)O)ncc(Cl)c2n1-c1c(Cl)cccc1Cl. The van der Waals surface area contributed by atoms with Crippen molar-refractivity contribution in [3.63, 3.8) is 0 Å². The lowest BCUT2D eigenvalue weighted by Gasteiger charge is -2.24. The van der Waals surface area contributed by atoms with Crippen LogP contribution in [0.5, 0.6) is 5.88 Å². The van der Waals surface area contributed by atoms with E-state index in [0.717, 1.165) is 0 Å². The molecule has 0 spiro atoms. The lowest BCUT2D eigenvalue weighted by molar-refractivity contribution is -0.0665. The van der Waals surface area contributed by atoms with Gasteiger partial charge in [0, 0.05) is 11.8 Å². The molecule has 2 heterocycles.